The number of amides is 2. The number of carbonyl (C=O) groups excluding carboxylic acids is 2. The van der Waals surface area contributed by atoms with Gasteiger partial charge < -0.3 is 15.5 Å². The minimum atomic E-state index is -3.00. The third-order valence-corrected chi connectivity index (χ3v) is 8.86. The van der Waals surface area contributed by atoms with Crippen molar-refractivity contribution >= 4 is 39.0 Å². The maximum atomic E-state index is 13.1. The van der Waals surface area contributed by atoms with E-state index in [9.17, 15) is 23.3 Å². The number of aromatic nitrogens is 3. The van der Waals surface area contributed by atoms with Crippen LogP contribution in [0.2, 0.25) is 0 Å². The summed E-state index contributed by atoms with van der Waals surface area (Å²) in [5, 5.41) is 20.0. The van der Waals surface area contributed by atoms with E-state index in [4.69, 9.17) is 0 Å². The Kier molecular flexibility index (Phi) is 5.75. The van der Waals surface area contributed by atoms with Crippen LogP contribution in [0.15, 0.2) is 24.4 Å². The Morgan fingerprint density at radius 3 is 2.63 bits per heavy atom. The second-order valence-electron chi connectivity index (χ2n) is 9.53. The van der Waals surface area contributed by atoms with Crippen LogP contribution in [0.3, 0.4) is 0 Å². The van der Waals surface area contributed by atoms with E-state index >= 15 is 0 Å². The molecule has 3 aliphatic rings. The highest BCUT2D eigenvalue weighted by atomic mass is 32.2. The maximum Gasteiger partial charge on any atom is 0.269 e. The molecule has 2 N–H and O–H groups in total. The lowest BCUT2D eigenvalue weighted by atomic mass is 9.83. The molecule has 35 heavy (non-hydrogen) atoms. The van der Waals surface area contributed by atoms with E-state index in [-0.39, 0.29) is 35.3 Å². The Morgan fingerprint density at radius 2 is 1.94 bits per heavy atom. The highest BCUT2D eigenvalue weighted by Gasteiger charge is 2.56. The molecule has 2 aromatic rings. The molecule has 1 aliphatic carbocycles. The molecule has 2 amide bonds. The van der Waals surface area contributed by atoms with E-state index in [1.807, 2.05) is 0 Å². The lowest BCUT2D eigenvalue weighted by Gasteiger charge is -2.22. The van der Waals surface area contributed by atoms with Crippen LogP contribution >= 0.6 is 0 Å². The molecule has 0 aromatic carbocycles. The molecule has 184 valence electrons. The molecule has 12 heteroatoms. The third-order valence-electron chi connectivity index (χ3n) is 7.14. The van der Waals surface area contributed by atoms with Gasteiger partial charge in [0.05, 0.1) is 17.6 Å². The van der Waals surface area contributed by atoms with Gasteiger partial charge in [-0.3, -0.25) is 14.3 Å². The Labute approximate surface area is 203 Å². The number of hydrogen-bond acceptors (Lipinski definition) is 8. The average Bonchev–Trinajstić information content (AvgIpc) is 3.53. The van der Waals surface area contributed by atoms with Gasteiger partial charge in [-0.15, -0.1) is 0 Å². The number of sulfone groups is 1. The zero-order chi connectivity index (χ0) is 24.8. The molecule has 0 bridgehead atoms. The first-order valence-electron chi connectivity index (χ1n) is 11.7. The summed E-state index contributed by atoms with van der Waals surface area (Å²) < 4.78 is 24.7. The molecule has 0 unspecified atom stereocenters. The van der Waals surface area contributed by atoms with Crippen molar-refractivity contribution in [3.05, 3.63) is 30.1 Å². The van der Waals surface area contributed by atoms with Crippen LogP contribution in [0.4, 0.5) is 17.3 Å². The van der Waals surface area contributed by atoms with Crippen molar-refractivity contribution in [1.29, 1.82) is 5.26 Å². The fourth-order valence-electron chi connectivity index (χ4n) is 4.96. The number of nitriles is 1. The highest BCUT2D eigenvalue weighted by molar-refractivity contribution is 7.91. The monoisotopic (exact) mass is 497 g/mol. The Balaban J connectivity index is 1.27. The van der Waals surface area contributed by atoms with Gasteiger partial charge in [-0.05, 0) is 44.1 Å². The van der Waals surface area contributed by atoms with E-state index in [0.717, 1.165) is 12.8 Å². The number of nitrogens with one attached hydrogen (secondary N) is 2. The van der Waals surface area contributed by atoms with Gasteiger partial charge in [0.15, 0.2) is 5.82 Å². The van der Waals surface area contributed by atoms with Gasteiger partial charge in [-0.25, -0.2) is 13.4 Å². The van der Waals surface area contributed by atoms with Crippen LogP contribution in [-0.2, 0) is 21.7 Å². The summed E-state index contributed by atoms with van der Waals surface area (Å²) in [7, 11) is -1.35. The van der Waals surface area contributed by atoms with Gasteiger partial charge in [0.25, 0.3) is 5.91 Å². The smallest absolute Gasteiger partial charge is 0.269 e. The third kappa shape index (κ3) is 4.48. The van der Waals surface area contributed by atoms with E-state index < -0.39 is 15.3 Å². The van der Waals surface area contributed by atoms with Gasteiger partial charge in [-0.1, -0.05) is 0 Å². The summed E-state index contributed by atoms with van der Waals surface area (Å²) in [6, 6.07) is 7.17. The molecule has 2 aromatic heterocycles. The zero-order valence-corrected chi connectivity index (χ0v) is 20.2. The highest BCUT2D eigenvalue weighted by Crippen LogP contribution is 2.51. The van der Waals surface area contributed by atoms with Crippen molar-refractivity contribution in [1.82, 2.24) is 20.1 Å². The predicted molar refractivity (Wildman–Crippen MR) is 128 cm³/mol. The van der Waals surface area contributed by atoms with Crippen LogP contribution in [0.5, 0.6) is 0 Å². The predicted octanol–water partition coefficient (Wildman–Crippen LogP) is 1.52. The topological polar surface area (TPSA) is 150 Å². The molecule has 2 aliphatic heterocycles. The van der Waals surface area contributed by atoms with Crippen molar-refractivity contribution in [2.75, 3.05) is 28.3 Å². The van der Waals surface area contributed by atoms with E-state index in [1.54, 1.807) is 36.3 Å². The standard InChI is InChI=1S/C23H27N7O4S/c1-29-18(21(31)26-16-5-10-35(33,34)11-6-16)13-20(28-29)27-19-12-17(4-8-25-19)30-9-7-23(14-24,22(30)32)15-2-3-15/h4,8,12-13,15-16H,2-3,5-7,9-11H2,1H3,(H,26,31)(H,25,27,28)/t23-/m1/s1. The number of hydrogen-bond donors (Lipinski definition) is 2. The van der Waals surface area contributed by atoms with E-state index in [0.29, 0.717) is 48.8 Å². The lowest BCUT2D eigenvalue weighted by molar-refractivity contribution is -0.123. The number of carbonyl (C=O) groups is 2. The fourth-order valence-corrected chi connectivity index (χ4v) is 6.45. The van der Waals surface area contributed by atoms with Gasteiger partial charge >= 0.3 is 0 Å². The molecule has 1 atom stereocenters. The summed E-state index contributed by atoms with van der Waals surface area (Å²) in [5.41, 5.74) is 0.0734. The first-order valence-corrected chi connectivity index (χ1v) is 13.5. The number of pyridine rings is 1. The van der Waals surface area contributed by atoms with E-state index in [2.05, 4.69) is 26.8 Å². The summed E-state index contributed by atoms with van der Waals surface area (Å²) in [5.74, 6) is 0.702. The molecule has 1 saturated carbocycles. The van der Waals surface area contributed by atoms with Crippen molar-refractivity contribution in [3.8, 4) is 6.07 Å². The molecule has 2 saturated heterocycles. The summed E-state index contributed by atoms with van der Waals surface area (Å²) >= 11 is 0. The molecule has 11 nitrogen and oxygen atoms in total. The summed E-state index contributed by atoms with van der Waals surface area (Å²) in [6.45, 7) is 0.489. The number of anilines is 3. The van der Waals surface area contributed by atoms with Crippen LogP contribution in [0, 0.1) is 22.7 Å². The Bertz CT molecular complexity index is 1310. The van der Waals surface area contributed by atoms with Crippen molar-refractivity contribution in [2.45, 2.75) is 38.1 Å². The van der Waals surface area contributed by atoms with Gasteiger partial charge in [-0.2, -0.15) is 10.4 Å². The molecule has 0 radical (unpaired) electrons. The molecule has 5 rings (SSSR count). The molecule has 0 spiro atoms. The second kappa shape index (κ2) is 8.64. The first kappa shape index (κ1) is 23.3. The van der Waals surface area contributed by atoms with Crippen LogP contribution < -0.4 is 15.5 Å². The van der Waals surface area contributed by atoms with Crippen LogP contribution in [0.25, 0.3) is 0 Å². The molecular formula is C23H27N7O4S. The Morgan fingerprint density at radius 1 is 1.20 bits per heavy atom. The Hall–Kier alpha value is -3.46. The van der Waals surface area contributed by atoms with Gasteiger partial charge in [0.2, 0.25) is 5.91 Å². The average molecular weight is 498 g/mol. The quantitative estimate of drug-likeness (QED) is 0.610. The zero-order valence-electron chi connectivity index (χ0n) is 19.4. The second-order valence-corrected chi connectivity index (χ2v) is 11.8. The van der Waals surface area contributed by atoms with Crippen molar-refractivity contribution in [2.24, 2.45) is 18.4 Å². The SMILES string of the molecule is Cn1nc(Nc2cc(N3CC[C@@](C#N)(C4CC4)C3=O)ccn2)cc1C(=O)NC1CCS(=O)(=O)CC1. The summed E-state index contributed by atoms with van der Waals surface area (Å²) in [4.78, 5) is 31.8. The fraction of sp³-hybridized carbons (Fsp3) is 0.522. The van der Waals surface area contributed by atoms with Crippen molar-refractivity contribution < 1.29 is 18.0 Å². The molecule has 3 fully saturated rings. The van der Waals surface area contributed by atoms with Crippen LogP contribution in [-0.4, -0.2) is 59.1 Å². The first-order chi connectivity index (χ1) is 16.7. The minimum Gasteiger partial charge on any atom is -0.348 e. The maximum absolute atomic E-state index is 13.1. The molecular weight excluding hydrogens is 470 g/mol. The normalized spacial score (nSPS) is 24.2. The summed E-state index contributed by atoms with van der Waals surface area (Å²) in [6.07, 6.45) is 4.76. The molecule has 4 heterocycles. The van der Waals surface area contributed by atoms with Crippen LogP contribution in [0.1, 0.15) is 42.6 Å². The number of aryl methyl sites for hydroxylation is 1. The largest absolute Gasteiger partial charge is 0.348 e. The van der Waals surface area contributed by atoms with E-state index in [1.165, 1.54) is 4.68 Å². The minimum absolute atomic E-state index is 0.0772. The van der Waals surface area contributed by atoms with Gasteiger partial charge in [0.1, 0.15) is 26.8 Å². The lowest BCUT2D eigenvalue weighted by Crippen LogP contribution is -2.41. The number of nitrogens with zero attached hydrogens (tertiary/aromatic N) is 5. The number of rotatable bonds is 6. The van der Waals surface area contributed by atoms with Crippen molar-refractivity contribution in [3.63, 3.8) is 0 Å². The van der Waals surface area contributed by atoms with Gasteiger partial charge in [0, 0.05) is 43.7 Å².